The third-order valence-corrected chi connectivity index (χ3v) is 5.96. The van der Waals surface area contributed by atoms with Gasteiger partial charge in [-0.2, -0.15) is 0 Å². The Balaban J connectivity index is 1.40. The van der Waals surface area contributed by atoms with Crippen LogP contribution in [0.3, 0.4) is 0 Å². The summed E-state index contributed by atoms with van der Waals surface area (Å²) in [5, 5.41) is 16.6. The van der Waals surface area contributed by atoms with Crippen molar-refractivity contribution in [2.24, 2.45) is 0 Å². The second-order valence-corrected chi connectivity index (χ2v) is 8.40. The summed E-state index contributed by atoms with van der Waals surface area (Å²) < 4.78 is 22.0. The molecule has 0 spiro atoms. The summed E-state index contributed by atoms with van der Waals surface area (Å²) in [5.74, 6) is -0.624. The van der Waals surface area contributed by atoms with Crippen molar-refractivity contribution in [2.75, 3.05) is 50.1 Å². The molecule has 2 aromatic heterocycles. The van der Waals surface area contributed by atoms with Gasteiger partial charge in [-0.25, -0.2) is 18.7 Å². The fourth-order valence-electron chi connectivity index (χ4n) is 4.12. The fraction of sp³-hybridized carbons (Fsp3) is 0.240. The van der Waals surface area contributed by atoms with Crippen molar-refractivity contribution < 1.29 is 19.0 Å². The summed E-state index contributed by atoms with van der Waals surface area (Å²) in [7, 11) is 2.06. The highest BCUT2D eigenvalue weighted by molar-refractivity contribution is 5.73. The van der Waals surface area contributed by atoms with Crippen LogP contribution in [0.1, 0.15) is 0 Å². The molecule has 2 N–H and O–H groups in total. The first-order valence-electron chi connectivity index (χ1n) is 11.3. The molecule has 9 nitrogen and oxygen atoms in total. The van der Waals surface area contributed by atoms with Crippen LogP contribution in [0.2, 0.25) is 0 Å². The zero-order valence-corrected chi connectivity index (χ0v) is 19.2. The largest absolute Gasteiger partial charge is 0.481 e. The molecule has 180 valence electrons. The van der Waals surface area contributed by atoms with Crippen LogP contribution in [0.4, 0.5) is 21.7 Å². The predicted molar refractivity (Wildman–Crippen MR) is 131 cm³/mol. The molecule has 35 heavy (non-hydrogen) atoms. The van der Waals surface area contributed by atoms with E-state index in [2.05, 4.69) is 32.2 Å². The van der Waals surface area contributed by atoms with Crippen LogP contribution in [-0.2, 0) is 4.79 Å². The van der Waals surface area contributed by atoms with Crippen LogP contribution in [0.25, 0.3) is 16.8 Å². The number of carboxylic acids is 1. The summed E-state index contributed by atoms with van der Waals surface area (Å²) >= 11 is 0. The van der Waals surface area contributed by atoms with Gasteiger partial charge in [0.2, 0.25) is 5.95 Å². The van der Waals surface area contributed by atoms with E-state index in [1.165, 1.54) is 6.07 Å². The zero-order valence-electron chi connectivity index (χ0n) is 19.2. The van der Waals surface area contributed by atoms with Crippen molar-refractivity contribution >= 4 is 28.8 Å². The van der Waals surface area contributed by atoms with Gasteiger partial charge in [0, 0.05) is 37.4 Å². The molecule has 1 saturated heterocycles. The number of aliphatic carboxylic acids is 1. The number of hydrogen-bond acceptors (Lipinski definition) is 7. The van der Waals surface area contributed by atoms with Gasteiger partial charge in [0.15, 0.2) is 6.61 Å². The molecule has 0 radical (unpaired) electrons. The van der Waals surface area contributed by atoms with Gasteiger partial charge in [-0.1, -0.05) is 12.1 Å². The van der Waals surface area contributed by atoms with Gasteiger partial charge in [-0.15, -0.1) is 5.10 Å². The Bertz CT molecular complexity index is 1370. The van der Waals surface area contributed by atoms with Crippen LogP contribution in [0.15, 0.2) is 60.8 Å². The average Bonchev–Trinajstić information content (AvgIpc) is 3.27. The van der Waals surface area contributed by atoms with Gasteiger partial charge < -0.3 is 25.0 Å². The molecule has 10 heteroatoms. The van der Waals surface area contributed by atoms with Crippen molar-refractivity contribution in [2.45, 2.75) is 0 Å². The summed E-state index contributed by atoms with van der Waals surface area (Å²) in [6.45, 7) is 2.92. The standard InChI is InChI=1S/C25H25FN6O3/c1-30-10-12-31(13-11-30)22-8-6-17(14-20(22)26)28-25-27-15-18-7-9-21(32(18)29-25)19-4-2-3-5-23(19)35-16-24(33)34/h2-9,14-15H,10-13,16H2,1H3,(H,28,29)(H,33,34). The average molecular weight is 477 g/mol. The second-order valence-electron chi connectivity index (χ2n) is 8.40. The molecular formula is C25H25FN6O3. The molecule has 3 heterocycles. The number of halogens is 1. The number of likely N-dealkylation sites (N-methyl/N-ethyl adjacent to an activating group) is 1. The lowest BCUT2D eigenvalue weighted by molar-refractivity contribution is -0.139. The van der Waals surface area contributed by atoms with E-state index in [0.717, 1.165) is 31.7 Å². The van der Waals surface area contributed by atoms with Crippen molar-refractivity contribution in [1.82, 2.24) is 19.5 Å². The Morgan fingerprint density at radius 3 is 2.69 bits per heavy atom. The Morgan fingerprint density at radius 1 is 1.11 bits per heavy atom. The van der Waals surface area contributed by atoms with Crippen LogP contribution < -0.4 is 15.0 Å². The van der Waals surface area contributed by atoms with Crippen molar-refractivity contribution in [3.8, 4) is 17.0 Å². The maximum atomic E-state index is 14.9. The number of rotatable bonds is 7. The van der Waals surface area contributed by atoms with Crippen molar-refractivity contribution in [1.29, 1.82) is 0 Å². The van der Waals surface area contributed by atoms with Gasteiger partial charge in [-0.3, -0.25) is 0 Å². The van der Waals surface area contributed by atoms with E-state index in [1.54, 1.807) is 28.9 Å². The van der Waals surface area contributed by atoms with Gasteiger partial charge in [0.05, 0.1) is 23.1 Å². The Morgan fingerprint density at radius 2 is 1.91 bits per heavy atom. The van der Waals surface area contributed by atoms with E-state index in [4.69, 9.17) is 9.84 Å². The highest BCUT2D eigenvalue weighted by Crippen LogP contribution is 2.31. The van der Waals surface area contributed by atoms with Crippen LogP contribution in [0.5, 0.6) is 5.75 Å². The van der Waals surface area contributed by atoms with Crippen LogP contribution in [0, 0.1) is 5.82 Å². The van der Waals surface area contributed by atoms with Gasteiger partial charge in [0.25, 0.3) is 0 Å². The van der Waals surface area contributed by atoms with E-state index in [1.807, 2.05) is 30.3 Å². The molecular weight excluding hydrogens is 451 g/mol. The number of anilines is 3. The van der Waals surface area contributed by atoms with E-state index in [-0.39, 0.29) is 5.82 Å². The molecule has 5 rings (SSSR count). The SMILES string of the molecule is CN1CCN(c2ccc(Nc3ncc4ccc(-c5ccccc5OCC(=O)O)n4n3)cc2F)CC1. The second kappa shape index (κ2) is 9.59. The van der Waals surface area contributed by atoms with E-state index in [9.17, 15) is 9.18 Å². The van der Waals surface area contributed by atoms with Crippen LogP contribution in [-0.4, -0.2) is 70.4 Å². The maximum Gasteiger partial charge on any atom is 0.341 e. The number of benzene rings is 2. The number of para-hydroxylation sites is 1. The Labute approximate surface area is 201 Å². The molecule has 0 aliphatic carbocycles. The number of aromatic nitrogens is 3. The van der Waals surface area contributed by atoms with Crippen molar-refractivity contribution in [3.05, 3.63) is 66.6 Å². The van der Waals surface area contributed by atoms with E-state index < -0.39 is 12.6 Å². The molecule has 0 atom stereocenters. The predicted octanol–water partition coefficient (Wildman–Crippen LogP) is 3.49. The lowest BCUT2D eigenvalue weighted by Gasteiger charge is -2.34. The highest BCUT2D eigenvalue weighted by Gasteiger charge is 2.18. The third-order valence-electron chi connectivity index (χ3n) is 5.96. The summed E-state index contributed by atoms with van der Waals surface area (Å²) in [6, 6.07) is 15.9. The van der Waals surface area contributed by atoms with Crippen molar-refractivity contribution in [3.63, 3.8) is 0 Å². The first-order chi connectivity index (χ1) is 17.0. The zero-order chi connectivity index (χ0) is 24.4. The summed E-state index contributed by atoms with van der Waals surface area (Å²) in [4.78, 5) is 19.6. The number of nitrogens with one attached hydrogen (secondary N) is 1. The molecule has 2 aromatic carbocycles. The number of piperazine rings is 1. The molecule has 0 unspecified atom stereocenters. The monoisotopic (exact) mass is 476 g/mol. The minimum atomic E-state index is -1.06. The van der Waals surface area contributed by atoms with E-state index in [0.29, 0.717) is 34.3 Å². The minimum absolute atomic E-state index is 0.297. The number of nitrogens with zero attached hydrogens (tertiary/aromatic N) is 5. The third kappa shape index (κ3) is 4.87. The van der Waals surface area contributed by atoms with Gasteiger partial charge in [0.1, 0.15) is 11.6 Å². The van der Waals surface area contributed by atoms with Gasteiger partial charge >= 0.3 is 5.97 Å². The van der Waals surface area contributed by atoms with Crippen LogP contribution >= 0.6 is 0 Å². The normalized spacial score (nSPS) is 14.3. The molecule has 0 amide bonds. The lowest BCUT2D eigenvalue weighted by atomic mass is 10.1. The number of hydrogen-bond donors (Lipinski definition) is 2. The summed E-state index contributed by atoms with van der Waals surface area (Å²) in [5.41, 5.74) is 3.28. The number of fused-ring (bicyclic) bond motifs is 1. The van der Waals surface area contributed by atoms with Gasteiger partial charge in [-0.05, 0) is 49.5 Å². The molecule has 4 aromatic rings. The molecule has 1 aliphatic rings. The maximum absolute atomic E-state index is 14.9. The number of carboxylic acid groups (broad SMARTS) is 1. The smallest absolute Gasteiger partial charge is 0.341 e. The first-order valence-corrected chi connectivity index (χ1v) is 11.3. The molecule has 0 bridgehead atoms. The molecule has 1 fully saturated rings. The Hall–Kier alpha value is -4.18. The highest BCUT2D eigenvalue weighted by atomic mass is 19.1. The number of carbonyl (C=O) groups is 1. The topological polar surface area (TPSA) is 95.2 Å². The fourth-order valence-corrected chi connectivity index (χ4v) is 4.12. The summed E-state index contributed by atoms with van der Waals surface area (Å²) in [6.07, 6.45) is 1.66. The minimum Gasteiger partial charge on any atom is -0.481 e. The first kappa shape index (κ1) is 22.6. The Kier molecular flexibility index (Phi) is 6.19. The molecule has 1 aliphatic heterocycles. The molecule has 0 saturated carbocycles. The quantitative estimate of drug-likeness (QED) is 0.419. The lowest BCUT2D eigenvalue weighted by Crippen LogP contribution is -2.44. The van der Waals surface area contributed by atoms with E-state index >= 15 is 0 Å². The number of ether oxygens (including phenoxy) is 1.